The summed E-state index contributed by atoms with van der Waals surface area (Å²) in [6.45, 7) is 5.27. The molecule has 1 saturated heterocycles. The van der Waals surface area contributed by atoms with Crippen molar-refractivity contribution in [3.05, 3.63) is 0 Å². The maximum absolute atomic E-state index is 11.4. The molecule has 6 nitrogen and oxygen atoms in total. The summed E-state index contributed by atoms with van der Waals surface area (Å²) in [6.07, 6.45) is -0.389. The van der Waals surface area contributed by atoms with Crippen LogP contribution in [0.1, 0.15) is 33.6 Å². The van der Waals surface area contributed by atoms with Crippen LogP contribution >= 0.6 is 0 Å². The van der Waals surface area contributed by atoms with Gasteiger partial charge in [-0.1, -0.05) is 0 Å². The van der Waals surface area contributed by atoms with E-state index >= 15 is 0 Å². The lowest BCUT2D eigenvalue weighted by atomic mass is 9.98. The monoisotopic (exact) mass is 279 g/mol. The number of ether oxygens (including phenoxy) is 1. The van der Waals surface area contributed by atoms with Gasteiger partial charge in [-0.2, -0.15) is 0 Å². The lowest BCUT2D eigenvalue weighted by molar-refractivity contribution is -0.0294. The van der Waals surface area contributed by atoms with Gasteiger partial charge in [0, 0.05) is 5.54 Å². The second kappa shape index (κ2) is 5.05. The average molecular weight is 279 g/mol. The van der Waals surface area contributed by atoms with Crippen LogP contribution in [-0.2, 0) is 14.6 Å². The van der Waals surface area contributed by atoms with Crippen molar-refractivity contribution in [2.75, 3.05) is 18.1 Å². The Morgan fingerprint density at radius 2 is 1.83 bits per heavy atom. The van der Waals surface area contributed by atoms with Gasteiger partial charge in [0.15, 0.2) is 9.84 Å². The molecule has 0 spiro atoms. The van der Waals surface area contributed by atoms with Crippen LogP contribution in [0.5, 0.6) is 0 Å². The SMILES string of the molecule is CC(C)(C)NC(=O)OCC1(O)CCS(=O)(=O)CC1. The van der Waals surface area contributed by atoms with Gasteiger partial charge in [-0.05, 0) is 33.6 Å². The van der Waals surface area contributed by atoms with Gasteiger partial charge in [-0.15, -0.1) is 0 Å². The smallest absolute Gasteiger partial charge is 0.407 e. The van der Waals surface area contributed by atoms with Crippen molar-refractivity contribution in [2.24, 2.45) is 0 Å². The van der Waals surface area contributed by atoms with Crippen molar-refractivity contribution in [1.29, 1.82) is 0 Å². The molecule has 0 unspecified atom stereocenters. The molecule has 1 aliphatic rings. The Morgan fingerprint density at radius 1 is 1.33 bits per heavy atom. The van der Waals surface area contributed by atoms with E-state index in [-0.39, 0.29) is 31.0 Å². The minimum Gasteiger partial charge on any atom is -0.446 e. The Balaban J connectivity index is 2.42. The third kappa shape index (κ3) is 5.22. The molecule has 0 aliphatic carbocycles. The van der Waals surface area contributed by atoms with Crippen molar-refractivity contribution in [2.45, 2.75) is 44.8 Å². The molecule has 1 amide bonds. The number of aliphatic hydroxyl groups is 1. The van der Waals surface area contributed by atoms with Crippen molar-refractivity contribution in [3.8, 4) is 0 Å². The molecule has 7 heteroatoms. The van der Waals surface area contributed by atoms with Crippen molar-refractivity contribution in [1.82, 2.24) is 5.32 Å². The fraction of sp³-hybridized carbons (Fsp3) is 0.909. The Kier molecular flexibility index (Phi) is 4.27. The summed E-state index contributed by atoms with van der Waals surface area (Å²) in [4.78, 5) is 11.4. The van der Waals surface area contributed by atoms with Crippen LogP contribution in [0.4, 0.5) is 4.79 Å². The Hall–Kier alpha value is -0.820. The van der Waals surface area contributed by atoms with E-state index in [2.05, 4.69) is 5.32 Å². The molecule has 1 aliphatic heterocycles. The average Bonchev–Trinajstić information content (AvgIpc) is 2.18. The highest BCUT2D eigenvalue weighted by Crippen LogP contribution is 2.24. The minimum atomic E-state index is -3.04. The number of nitrogens with one attached hydrogen (secondary N) is 1. The second-order valence-electron chi connectivity index (χ2n) is 5.83. The molecule has 106 valence electrons. The molecule has 0 aromatic rings. The number of carbonyl (C=O) groups excluding carboxylic acids is 1. The number of carbonyl (C=O) groups is 1. The molecule has 1 heterocycles. The Labute approximate surface area is 108 Å². The van der Waals surface area contributed by atoms with E-state index in [1.165, 1.54) is 0 Å². The Bertz CT molecular complexity index is 396. The van der Waals surface area contributed by atoms with Crippen molar-refractivity contribution in [3.63, 3.8) is 0 Å². The molecule has 0 aromatic heterocycles. The molecule has 0 radical (unpaired) electrons. The van der Waals surface area contributed by atoms with Gasteiger partial charge in [0.1, 0.15) is 12.2 Å². The first kappa shape index (κ1) is 15.2. The summed E-state index contributed by atoms with van der Waals surface area (Å²) in [7, 11) is -3.04. The number of hydrogen-bond acceptors (Lipinski definition) is 5. The predicted molar refractivity (Wildman–Crippen MR) is 67.1 cm³/mol. The van der Waals surface area contributed by atoms with Crippen LogP contribution in [-0.4, -0.2) is 48.9 Å². The molecule has 1 rings (SSSR count). The van der Waals surface area contributed by atoms with Crippen molar-refractivity contribution < 1.29 is 23.1 Å². The fourth-order valence-corrected chi connectivity index (χ4v) is 3.19. The third-order valence-corrected chi connectivity index (χ3v) is 4.36. The fourth-order valence-electron chi connectivity index (χ4n) is 1.60. The van der Waals surface area contributed by atoms with E-state index in [0.717, 1.165) is 0 Å². The quantitative estimate of drug-likeness (QED) is 0.765. The first-order valence-corrected chi connectivity index (χ1v) is 7.71. The maximum atomic E-state index is 11.4. The molecule has 0 saturated carbocycles. The van der Waals surface area contributed by atoms with Gasteiger partial charge >= 0.3 is 6.09 Å². The van der Waals surface area contributed by atoms with Crippen LogP contribution in [0, 0.1) is 0 Å². The first-order chi connectivity index (χ1) is 8.02. The molecule has 0 bridgehead atoms. The summed E-state index contributed by atoms with van der Waals surface area (Å²) in [5, 5.41) is 12.7. The number of alkyl carbamates (subject to hydrolysis) is 1. The van der Waals surface area contributed by atoms with Gasteiger partial charge in [-0.3, -0.25) is 0 Å². The van der Waals surface area contributed by atoms with Crippen LogP contribution in [0.2, 0.25) is 0 Å². The number of rotatable bonds is 2. The summed E-state index contributed by atoms with van der Waals surface area (Å²) in [6, 6.07) is 0. The predicted octanol–water partition coefficient (Wildman–Crippen LogP) is 0.451. The standard InChI is InChI=1S/C11H21NO5S/c1-10(2,3)12-9(13)17-8-11(14)4-6-18(15,16)7-5-11/h14H,4-8H2,1-3H3,(H,12,13). The van der Waals surface area contributed by atoms with Crippen LogP contribution in [0.3, 0.4) is 0 Å². The summed E-state index contributed by atoms with van der Waals surface area (Å²) in [5.74, 6) is -0.124. The summed E-state index contributed by atoms with van der Waals surface area (Å²) >= 11 is 0. The van der Waals surface area contributed by atoms with Gasteiger partial charge in [0.2, 0.25) is 0 Å². The van der Waals surface area contributed by atoms with E-state index in [1.54, 1.807) is 0 Å². The normalized spacial score (nSPS) is 22.2. The zero-order chi connectivity index (χ0) is 14.0. The van der Waals surface area contributed by atoms with E-state index in [9.17, 15) is 18.3 Å². The largest absolute Gasteiger partial charge is 0.446 e. The Morgan fingerprint density at radius 3 is 2.28 bits per heavy atom. The summed E-state index contributed by atoms with van der Waals surface area (Å²) < 4.78 is 27.4. The maximum Gasteiger partial charge on any atom is 0.407 e. The van der Waals surface area contributed by atoms with Gasteiger partial charge in [0.25, 0.3) is 0 Å². The minimum absolute atomic E-state index is 0.0618. The van der Waals surface area contributed by atoms with Crippen LogP contribution in [0.15, 0.2) is 0 Å². The number of sulfone groups is 1. The highest BCUT2D eigenvalue weighted by molar-refractivity contribution is 7.91. The molecule has 0 aromatic carbocycles. The van der Waals surface area contributed by atoms with Gasteiger partial charge < -0.3 is 15.2 Å². The molecule has 0 atom stereocenters. The van der Waals surface area contributed by atoms with Crippen molar-refractivity contribution >= 4 is 15.9 Å². The topological polar surface area (TPSA) is 92.7 Å². The zero-order valence-electron chi connectivity index (χ0n) is 11.0. The van der Waals surface area contributed by atoms with Gasteiger partial charge in [-0.25, -0.2) is 13.2 Å². The molecule has 18 heavy (non-hydrogen) atoms. The van der Waals surface area contributed by atoms with E-state index < -0.39 is 27.1 Å². The lowest BCUT2D eigenvalue weighted by Gasteiger charge is -2.31. The highest BCUT2D eigenvalue weighted by atomic mass is 32.2. The summed E-state index contributed by atoms with van der Waals surface area (Å²) in [5.41, 5.74) is -1.63. The van der Waals surface area contributed by atoms with E-state index in [4.69, 9.17) is 4.74 Å². The van der Waals surface area contributed by atoms with Crippen LogP contribution in [0.25, 0.3) is 0 Å². The lowest BCUT2D eigenvalue weighted by Crippen LogP contribution is -2.46. The van der Waals surface area contributed by atoms with E-state index in [1.807, 2.05) is 20.8 Å². The third-order valence-electron chi connectivity index (χ3n) is 2.71. The number of amides is 1. The highest BCUT2D eigenvalue weighted by Gasteiger charge is 2.36. The zero-order valence-corrected chi connectivity index (χ0v) is 11.8. The molecule has 2 N–H and O–H groups in total. The van der Waals surface area contributed by atoms with Crippen LogP contribution < -0.4 is 5.32 Å². The van der Waals surface area contributed by atoms with Gasteiger partial charge in [0.05, 0.1) is 11.5 Å². The second-order valence-corrected chi connectivity index (χ2v) is 8.13. The molecule has 1 fully saturated rings. The molecular formula is C11H21NO5S. The molecular weight excluding hydrogens is 258 g/mol. The number of hydrogen-bond donors (Lipinski definition) is 2. The van der Waals surface area contributed by atoms with E-state index in [0.29, 0.717) is 0 Å². The first-order valence-electron chi connectivity index (χ1n) is 5.89.